The minimum absolute atomic E-state index is 0.324. The van der Waals surface area contributed by atoms with Crippen LogP contribution in [0.3, 0.4) is 0 Å². The van der Waals surface area contributed by atoms with Gasteiger partial charge in [-0.3, -0.25) is 4.90 Å². The zero-order valence-electron chi connectivity index (χ0n) is 12.2. The van der Waals surface area contributed by atoms with Gasteiger partial charge in [0.1, 0.15) is 0 Å². The quantitative estimate of drug-likeness (QED) is 0.915. The van der Waals surface area contributed by atoms with Crippen molar-refractivity contribution in [2.24, 2.45) is 17.1 Å². The third kappa shape index (κ3) is 3.50. The highest BCUT2D eigenvalue weighted by Crippen LogP contribution is 2.36. The van der Waals surface area contributed by atoms with Crippen LogP contribution in [0.25, 0.3) is 0 Å². The van der Waals surface area contributed by atoms with E-state index in [9.17, 15) is 0 Å². The SMILES string of the molecule is CC(C)(C)C1CCN(C(CN)c2ccc(Cl)cc2)C1. The number of rotatable bonds is 3. The number of halogens is 1. The van der Waals surface area contributed by atoms with E-state index in [1.165, 1.54) is 12.0 Å². The Morgan fingerprint density at radius 3 is 2.42 bits per heavy atom. The fraction of sp³-hybridized carbons (Fsp3) is 0.625. The second kappa shape index (κ2) is 5.82. The summed E-state index contributed by atoms with van der Waals surface area (Å²) in [5.74, 6) is 0.758. The summed E-state index contributed by atoms with van der Waals surface area (Å²) in [5.41, 5.74) is 7.66. The second-order valence-corrected chi connectivity index (χ2v) is 7.09. The number of hydrogen-bond donors (Lipinski definition) is 1. The minimum atomic E-state index is 0.324. The molecule has 2 nitrogen and oxygen atoms in total. The molecule has 1 aromatic carbocycles. The molecular formula is C16H25ClN2. The molecule has 1 aliphatic rings. The van der Waals surface area contributed by atoms with Crippen molar-refractivity contribution in [1.82, 2.24) is 4.90 Å². The molecule has 0 amide bonds. The molecule has 0 bridgehead atoms. The Morgan fingerprint density at radius 1 is 1.32 bits per heavy atom. The van der Waals surface area contributed by atoms with Gasteiger partial charge >= 0.3 is 0 Å². The predicted molar refractivity (Wildman–Crippen MR) is 82.4 cm³/mol. The fourth-order valence-electron chi connectivity index (χ4n) is 2.96. The van der Waals surface area contributed by atoms with E-state index in [0.717, 1.165) is 24.0 Å². The van der Waals surface area contributed by atoms with Gasteiger partial charge in [-0.15, -0.1) is 0 Å². The lowest BCUT2D eigenvalue weighted by Gasteiger charge is -2.30. The van der Waals surface area contributed by atoms with Crippen LogP contribution >= 0.6 is 11.6 Å². The Balaban J connectivity index is 2.09. The van der Waals surface area contributed by atoms with Gasteiger partial charge in [0, 0.05) is 24.2 Å². The summed E-state index contributed by atoms with van der Waals surface area (Å²) >= 11 is 5.96. The van der Waals surface area contributed by atoms with E-state index in [4.69, 9.17) is 17.3 Å². The maximum atomic E-state index is 6.00. The van der Waals surface area contributed by atoms with Crippen LogP contribution in [0.4, 0.5) is 0 Å². The van der Waals surface area contributed by atoms with Crippen molar-refractivity contribution in [3.63, 3.8) is 0 Å². The standard InChI is InChI=1S/C16H25ClN2/c1-16(2,3)13-8-9-19(11-13)15(10-18)12-4-6-14(17)7-5-12/h4-7,13,15H,8-11,18H2,1-3H3. The number of likely N-dealkylation sites (tertiary alicyclic amines) is 1. The zero-order chi connectivity index (χ0) is 14.0. The molecule has 0 aromatic heterocycles. The first-order valence-corrected chi connectivity index (χ1v) is 7.49. The molecule has 0 aliphatic carbocycles. The molecule has 2 unspecified atom stereocenters. The van der Waals surface area contributed by atoms with Crippen LogP contribution < -0.4 is 5.73 Å². The van der Waals surface area contributed by atoms with Crippen LogP contribution in [-0.2, 0) is 0 Å². The summed E-state index contributed by atoms with van der Waals surface area (Å²) in [5, 5.41) is 0.786. The Kier molecular flexibility index (Phi) is 4.54. The van der Waals surface area contributed by atoms with Gasteiger partial charge in [-0.2, -0.15) is 0 Å². The molecule has 2 N–H and O–H groups in total. The molecule has 3 heteroatoms. The van der Waals surface area contributed by atoms with Crippen LogP contribution in [0.2, 0.25) is 5.02 Å². The van der Waals surface area contributed by atoms with Crippen LogP contribution in [0.15, 0.2) is 24.3 Å². The summed E-state index contributed by atoms with van der Waals surface area (Å²) in [7, 11) is 0. The van der Waals surface area contributed by atoms with Crippen LogP contribution in [-0.4, -0.2) is 24.5 Å². The van der Waals surface area contributed by atoms with Crippen LogP contribution in [0.1, 0.15) is 38.8 Å². The van der Waals surface area contributed by atoms with Gasteiger partial charge in [-0.25, -0.2) is 0 Å². The largest absolute Gasteiger partial charge is 0.329 e. The molecule has 106 valence electrons. The Hall–Kier alpha value is -0.570. The van der Waals surface area contributed by atoms with Crippen molar-refractivity contribution in [3.8, 4) is 0 Å². The third-order valence-corrected chi connectivity index (χ3v) is 4.62. The van der Waals surface area contributed by atoms with E-state index in [1.54, 1.807) is 0 Å². The Labute approximate surface area is 121 Å². The zero-order valence-corrected chi connectivity index (χ0v) is 13.0. The van der Waals surface area contributed by atoms with Crippen molar-refractivity contribution in [1.29, 1.82) is 0 Å². The van der Waals surface area contributed by atoms with Crippen LogP contribution in [0, 0.1) is 11.3 Å². The maximum Gasteiger partial charge on any atom is 0.0470 e. The maximum absolute atomic E-state index is 6.00. The summed E-state index contributed by atoms with van der Waals surface area (Å²) in [6.07, 6.45) is 1.27. The van der Waals surface area contributed by atoms with Crippen molar-refractivity contribution >= 4 is 11.6 Å². The number of benzene rings is 1. The second-order valence-electron chi connectivity index (χ2n) is 6.65. The summed E-state index contributed by atoms with van der Waals surface area (Å²) < 4.78 is 0. The van der Waals surface area contributed by atoms with Gasteiger partial charge in [-0.05, 0) is 42.0 Å². The van der Waals surface area contributed by atoms with E-state index in [1.807, 2.05) is 12.1 Å². The van der Waals surface area contributed by atoms with Crippen molar-refractivity contribution in [2.45, 2.75) is 33.2 Å². The molecule has 0 spiro atoms. The van der Waals surface area contributed by atoms with Gasteiger partial charge in [0.05, 0.1) is 0 Å². The highest BCUT2D eigenvalue weighted by atomic mass is 35.5. The molecule has 2 atom stereocenters. The van der Waals surface area contributed by atoms with Gasteiger partial charge < -0.3 is 5.73 Å². The Morgan fingerprint density at radius 2 is 1.95 bits per heavy atom. The van der Waals surface area contributed by atoms with Gasteiger partial charge in [0.2, 0.25) is 0 Å². The lowest BCUT2D eigenvalue weighted by atomic mass is 9.80. The molecule has 1 aromatic rings. The first-order chi connectivity index (χ1) is 8.91. The predicted octanol–water partition coefficient (Wildman–Crippen LogP) is 3.71. The highest BCUT2D eigenvalue weighted by molar-refractivity contribution is 6.30. The molecule has 1 aliphatic heterocycles. The van der Waals surface area contributed by atoms with Crippen LogP contribution in [0.5, 0.6) is 0 Å². The molecule has 1 fully saturated rings. The highest BCUT2D eigenvalue weighted by Gasteiger charge is 2.34. The van der Waals surface area contributed by atoms with Crippen molar-refractivity contribution in [2.75, 3.05) is 19.6 Å². The van der Waals surface area contributed by atoms with Gasteiger partial charge in [0.15, 0.2) is 0 Å². The summed E-state index contributed by atoms with van der Waals surface area (Å²) in [6.45, 7) is 9.96. The monoisotopic (exact) mass is 280 g/mol. The lowest BCUT2D eigenvalue weighted by molar-refractivity contribution is 0.197. The normalized spacial score (nSPS) is 22.7. The van der Waals surface area contributed by atoms with Crippen molar-refractivity contribution < 1.29 is 0 Å². The number of hydrogen-bond acceptors (Lipinski definition) is 2. The third-order valence-electron chi connectivity index (χ3n) is 4.36. The lowest BCUT2D eigenvalue weighted by Crippen LogP contribution is -2.33. The molecule has 0 saturated carbocycles. The average molecular weight is 281 g/mol. The first kappa shape index (κ1) is 14.8. The summed E-state index contributed by atoms with van der Waals surface area (Å²) in [4.78, 5) is 2.53. The molecule has 0 radical (unpaired) electrons. The number of nitrogens with zero attached hydrogens (tertiary/aromatic N) is 1. The van der Waals surface area contributed by atoms with E-state index in [0.29, 0.717) is 18.0 Å². The van der Waals surface area contributed by atoms with Gasteiger partial charge in [0.25, 0.3) is 0 Å². The minimum Gasteiger partial charge on any atom is -0.329 e. The van der Waals surface area contributed by atoms with Gasteiger partial charge in [-0.1, -0.05) is 44.5 Å². The smallest absolute Gasteiger partial charge is 0.0470 e. The first-order valence-electron chi connectivity index (χ1n) is 7.11. The Bertz CT molecular complexity index is 408. The molecule has 19 heavy (non-hydrogen) atoms. The molecule has 2 rings (SSSR count). The van der Waals surface area contributed by atoms with E-state index >= 15 is 0 Å². The van der Waals surface area contributed by atoms with E-state index in [-0.39, 0.29) is 0 Å². The molecule has 1 saturated heterocycles. The fourth-order valence-corrected chi connectivity index (χ4v) is 3.08. The van der Waals surface area contributed by atoms with E-state index in [2.05, 4.69) is 37.8 Å². The molecule has 1 heterocycles. The van der Waals surface area contributed by atoms with E-state index < -0.39 is 0 Å². The van der Waals surface area contributed by atoms with Crippen molar-refractivity contribution in [3.05, 3.63) is 34.9 Å². The average Bonchev–Trinajstić information content (AvgIpc) is 2.82. The summed E-state index contributed by atoms with van der Waals surface area (Å²) in [6, 6.07) is 8.44. The number of nitrogens with two attached hydrogens (primary N) is 1. The topological polar surface area (TPSA) is 29.3 Å². The molecular weight excluding hydrogens is 256 g/mol.